The molecule has 1 N–H and O–H groups in total. The van der Waals surface area contributed by atoms with E-state index >= 15 is 0 Å². The highest BCUT2D eigenvalue weighted by molar-refractivity contribution is 5.71. The minimum absolute atomic E-state index is 0.218. The van der Waals surface area contributed by atoms with Crippen LogP contribution in [0.3, 0.4) is 0 Å². The highest BCUT2D eigenvalue weighted by Crippen LogP contribution is 2.25. The van der Waals surface area contributed by atoms with E-state index in [4.69, 9.17) is 4.98 Å². The molecule has 0 amide bonds. The van der Waals surface area contributed by atoms with E-state index in [1.807, 2.05) is 42.6 Å². The fourth-order valence-electron chi connectivity index (χ4n) is 4.72. The number of pyridine rings is 1. The molecule has 170 valence electrons. The molecule has 6 heteroatoms. The molecule has 1 saturated heterocycles. The second kappa shape index (κ2) is 9.71. The van der Waals surface area contributed by atoms with Gasteiger partial charge in [0.1, 0.15) is 22.9 Å². The van der Waals surface area contributed by atoms with Gasteiger partial charge in [0, 0.05) is 19.2 Å². The van der Waals surface area contributed by atoms with Crippen molar-refractivity contribution in [2.24, 2.45) is 5.92 Å². The Morgan fingerprint density at radius 1 is 0.939 bits per heavy atom. The zero-order valence-corrected chi connectivity index (χ0v) is 18.7. The number of likely N-dealkylation sites (tertiary alicyclic amines) is 1. The van der Waals surface area contributed by atoms with Crippen molar-refractivity contribution in [3.05, 3.63) is 89.6 Å². The smallest absolute Gasteiger partial charge is 0.160 e. The van der Waals surface area contributed by atoms with Gasteiger partial charge in [-0.15, -0.1) is 0 Å². The summed E-state index contributed by atoms with van der Waals surface area (Å²) in [6, 6.07) is 18.1. The summed E-state index contributed by atoms with van der Waals surface area (Å²) in [4.78, 5) is 12.0. The molecule has 1 aliphatic rings. The van der Waals surface area contributed by atoms with Crippen LogP contribution >= 0.6 is 0 Å². The Bertz CT molecular complexity index is 1200. The topological polar surface area (TPSA) is 54.2 Å². The molecule has 1 aliphatic heterocycles. The molecule has 3 heterocycles. The van der Waals surface area contributed by atoms with Crippen molar-refractivity contribution in [3.63, 3.8) is 0 Å². The Kier molecular flexibility index (Phi) is 6.35. The predicted molar refractivity (Wildman–Crippen MR) is 128 cm³/mol. The minimum atomic E-state index is -0.218. The standard InChI is InChI=1S/C27H29FN4O/c28-23-7-3-22(4-8-23)19-32-26(30-25-2-1-14-29-27(25)32)18-21-12-16-31(17-13-21)15-11-20-5-9-24(33)10-6-20/h1-10,14,21,33H,11-13,15-19H2. The number of benzene rings is 2. The van der Waals surface area contributed by atoms with Crippen molar-refractivity contribution >= 4 is 11.2 Å². The van der Waals surface area contributed by atoms with Gasteiger partial charge in [0.2, 0.25) is 0 Å². The van der Waals surface area contributed by atoms with Crippen LogP contribution in [0.5, 0.6) is 5.75 Å². The lowest BCUT2D eigenvalue weighted by atomic mass is 9.93. The predicted octanol–water partition coefficient (Wildman–Crippen LogP) is 4.82. The molecular formula is C27H29FN4O. The third kappa shape index (κ3) is 5.22. The van der Waals surface area contributed by atoms with Crippen LogP contribution in [0.1, 0.15) is 29.8 Å². The molecule has 0 saturated carbocycles. The summed E-state index contributed by atoms with van der Waals surface area (Å²) in [5.74, 6) is 1.76. The molecule has 1 fully saturated rings. The third-order valence-corrected chi connectivity index (χ3v) is 6.67. The maximum absolute atomic E-state index is 13.4. The van der Waals surface area contributed by atoms with Crippen LogP contribution in [0, 0.1) is 11.7 Å². The number of rotatable bonds is 7. The average molecular weight is 445 g/mol. The largest absolute Gasteiger partial charge is 0.508 e. The quantitative estimate of drug-likeness (QED) is 0.444. The molecule has 0 aliphatic carbocycles. The Balaban J connectivity index is 1.23. The number of hydrogen-bond acceptors (Lipinski definition) is 4. The lowest BCUT2D eigenvalue weighted by molar-refractivity contribution is 0.184. The van der Waals surface area contributed by atoms with Crippen molar-refractivity contribution < 1.29 is 9.50 Å². The number of hydrogen-bond donors (Lipinski definition) is 1. The normalized spacial score (nSPS) is 15.3. The summed E-state index contributed by atoms with van der Waals surface area (Å²) in [7, 11) is 0. The van der Waals surface area contributed by atoms with Gasteiger partial charge in [0.05, 0.1) is 6.54 Å². The number of halogens is 1. The number of imidazole rings is 1. The van der Waals surface area contributed by atoms with Gasteiger partial charge in [-0.1, -0.05) is 24.3 Å². The Hall–Kier alpha value is -3.25. The molecule has 0 radical (unpaired) electrons. The maximum Gasteiger partial charge on any atom is 0.160 e. The number of phenolic OH excluding ortho intramolecular Hbond substituents is 1. The number of fused-ring (bicyclic) bond motifs is 1. The number of piperidine rings is 1. The van der Waals surface area contributed by atoms with E-state index in [1.54, 1.807) is 12.1 Å². The number of nitrogens with zero attached hydrogens (tertiary/aromatic N) is 4. The molecule has 0 spiro atoms. The maximum atomic E-state index is 13.4. The summed E-state index contributed by atoms with van der Waals surface area (Å²) in [6.07, 6.45) is 6.06. The van der Waals surface area contributed by atoms with Gasteiger partial charge < -0.3 is 14.6 Å². The van der Waals surface area contributed by atoms with Crippen molar-refractivity contribution in [2.45, 2.75) is 32.2 Å². The highest BCUT2D eigenvalue weighted by Gasteiger charge is 2.22. The van der Waals surface area contributed by atoms with Gasteiger partial charge in [-0.05, 0) is 85.8 Å². The molecule has 0 atom stereocenters. The van der Waals surface area contributed by atoms with Crippen LogP contribution < -0.4 is 0 Å². The van der Waals surface area contributed by atoms with E-state index in [1.165, 1.54) is 17.7 Å². The first kappa shape index (κ1) is 21.6. The fraction of sp³-hybridized carbons (Fsp3) is 0.333. The lowest BCUT2D eigenvalue weighted by Gasteiger charge is -2.32. The second-order valence-electron chi connectivity index (χ2n) is 8.99. The molecule has 2 aromatic carbocycles. The van der Waals surface area contributed by atoms with Gasteiger partial charge in [-0.2, -0.15) is 0 Å². The van der Waals surface area contributed by atoms with E-state index < -0.39 is 0 Å². The summed E-state index contributed by atoms with van der Waals surface area (Å²) in [5, 5.41) is 9.45. The molecule has 33 heavy (non-hydrogen) atoms. The number of aromatic nitrogens is 3. The van der Waals surface area contributed by atoms with Crippen LogP contribution in [0.15, 0.2) is 66.9 Å². The van der Waals surface area contributed by atoms with Crippen LogP contribution in [0.25, 0.3) is 11.2 Å². The van der Waals surface area contributed by atoms with Gasteiger partial charge in [-0.3, -0.25) is 0 Å². The van der Waals surface area contributed by atoms with E-state index in [0.29, 0.717) is 18.2 Å². The molecule has 5 nitrogen and oxygen atoms in total. The molecule has 5 rings (SSSR count). The van der Waals surface area contributed by atoms with Crippen LogP contribution in [0.2, 0.25) is 0 Å². The number of aromatic hydroxyl groups is 1. The summed E-state index contributed by atoms with van der Waals surface area (Å²) >= 11 is 0. The van der Waals surface area contributed by atoms with Crippen LogP contribution in [-0.2, 0) is 19.4 Å². The van der Waals surface area contributed by atoms with Gasteiger partial charge in [-0.25, -0.2) is 14.4 Å². The monoisotopic (exact) mass is 444 g/mol. The Labute approximate surface area is 193 Å². The van der Waals surface area contributed by atoms with E-state index in [0.717, 1.165) is 67.9 Å². The number of phenols is 1. The average Bonchev–Trinajstić information content (AvgIpc) is 3.18. The van der Waals surface area contributed by atoms with E-state index in [2.05, 4.69) is 14.5 Å². The summed E-state index contributed by atoms with van der Waals surface area (Å²) < 4.78 is 15.6. The molecule has 2 aromatic heterocycles. The van der Waals surface area contributed by atoms with E-state index in [-0.39, 0.29) is 5.82 Å². The summed E-state index contributed by atoms with van der Waals surface area (Å²) in [5.41, 5.74) is 4.12. The lowest BCUT2D eigenvalue weighted by Crippen LogP contribution is -2.36. The third-order valence-electron chi connectivity index (χ3n) is 6.67. The molecule has 0 bridgehead atoms. The SMILES string of the molecule is Oc1ccc(CCN2CCC(Cc3nc4cccnc4n3Cc3ccc(F)cc3)CC2)cc1. The Morgan fingerprint density at radius 3 is 2.42 bits per heavy atom. The van der Waals surface area contributed by atoms with Crippen molar-refractivity contribution in [2.75, 3.05) is 19.6 Å². The first-order chi connectivity index (χ1) is 16.1. The minimum Gasteiger partial charge on any atom is -0.508 e. The first-order valence-electron chi connectivity index (χ1n) is 11.7. The first-order valence-corrected chi connectivity index (χ1v) is 11.7. The Morgan fingerprint density at radius 2 is 1.67 bits per heavy atom. The van der Waals surface area contributed by atoms with E-state index in [9.17, 15) is 9.50 Å². The van der Waals surface area contributed by atoms with Gasteiger partial charge in [0.25, 0.3) is 0 Å². The van der Waals surface area contributed by atoms with Crippen molar-refractivity contribution in [1.82, 2.24) is 19.4 Å². The van der Waals surface area contributed by atoms with Gasteiger partial charge >= 0.3 is 0 Å². The van der Waals surface area contributed by atoms with Crippen molar-refractivity contribution in [3.8, 4) is 5.75 Å². The molecule has 0 unspecified atom stereocenters. The zero-order valence-electron chi connectivity index (χ0n) is 18.7. The highest BCUT2D eigenvalue weighted by atomic mass is 19.1. The fourth-order valence-corrected chi connectivity index (χ4v) is 4.72. The zero-order chi connectivity index (χ0) is 22.6. The summed E-state index contributed by atoms with van der Waals surface area (Å²) in [6.45, 7) is 3.89. The second-order valence-corrected chi connectivity index (χ2v) is 8.99. The van der Waals surface area contributed by atoms with Crippen LogP contribution in [0.4, 0.5) is 4.39 Å². The molecular weight excluding hydrogens is 415 g/mol. The van der Waals surface area contributed by atoms with Gasteiger partial charge in [0.15, 0.2) is 5.65 Å². The van der Waals surface area contributed by atoms with Crippen LogP contribution in [-0.4, -0.2) is 44.2 Å². The van der Waals surface area contributed by atoms with Crippen molar-refractivity contribution in [1.29, 1.82) is 0 Å². The molecule has 4 aromatic rings.